The molecule has 2 heterocycles. The summed E-state index contributed by atoms with van der Waals surface area (Å²) in [5, 5.41) is 13.4. The number of halogens is 2. The molecule has 28 heavy (non-hydrogen) atoms. The molecule has 0 fully saturated rings. The summed E-state index contributed by atoms with van der Waals surface area (Å²) in [6, 6.07) is 4.97. The maximum atomic E-state index is 12.3. The number of pyridine rings is 2. The molecule has 0 saturated carbocycles. The van der Waals surface area contributed by atoms with E-state index in [1.807, 2.05) is 0 Å². The number of anilines is 2. The number of aliphatic hydroxyl groups is 1. The fraction of sp³-hybridized carbons (Fsp3) is 0.263. The number of methoxy groups -OCH3 is 1. The average molecular weight is 424 g/mol. The Morgan fingerprint density at radius 2 is 1.96 bits per heavy atom. The van der Waals surface area contributed by atoms with Gasteiger partial charge in [-0.2, -0.15) is 0 Å². The second-order valence-corrected chi connectivity index (χ2v) is 6.76. The number of ether oxygens (including phenoxy) is 2. The molecule has 0 spiro atoms. The molecule has 0 aliphatic rings. The Morgan fingerprint density at radius 3 is 2.64 bits per heavy atom. The number of aromatic nitrogens is 2. The van der Waals surface area contributed by atoms with E-state index in [0.29, 0.717) is 63.3 Å². The fourth-order valence-corrected chi connectivity index (χ4v) is 3.20. The second-order valence-electron chi connectivity index (χ2n) is 5.95. The zero-order valence-electron chi connectivity index (χ0n) is 15.1. The van der Waals surface area contributed by atoms with Gasteiger partial charge < -0.3 is 24.9 Å². The molecule has 0 amide bonds. The summed E-state index contributed by atoms with van der Waals surface area (Å²) in [5.41, 5.74) is 1.12. The first-order valence-corrected chi connectivity index (χ1v) is 9.34. The van der Waals surface area contributed by atoms with Gasteiger partial charge in [0.15, 0.2) is 11.5 Å². The predicted molar refractivity (Wildman–Crippen MR) is 110 cm³/mol. The molecule has 0 radical (unpaired) electrons. The highest BCUT2D eigenvalue weighted by Crippen LogP contribution is 2.39. The molecule has 0 unspecified atom stereocenters. The Hall–Kier alpha value is -2.48. The average Bonchev–Trinajstić information content (AvgIpc) is 2.68. The Bertz CT molecular complexity index is 1020. The Balaban J connectivity index is 2.08. The normalized spacial score (nSPS) is 10.9. The molecular formula is C19H19Cl2N3O4. The van der Waals surface area contributed by atoms with Crippen molar-refractivity contribution in [1.29, 1.82) is 0 Å². The SMILES string of the molecule is COc1ccc2c(Nc3c(Cl)cncc3Cl)cc(=O)[nH]c2c1OCCCCO. The largest absolute Gasteiger partial charge is 0.493 e. The van der Waals surface area contributed by atoms with Crippen LogP contribution in [-0.4, -0.2) is 35.4 Å². The maximum absolute atomic E-state index is 12.3. The van der Waals surface area contributed by atoms with Gasteiger partial charge in [-0.25, -0.2) is 0 Å². The van der Waals surface area contributed by atoms with Gasteiger partial charge in [-0.3, -0.25) is 9.78 Å². The van der Waals surface area contributed by atoms with Crippen LogP contribution >= 0.6 is 23.2 Å². The van der Waals surface area contributed by atoms with Gasteiger partial charge in [-0.05, 0) is 25.0 Å². The highest BCUT2D eigenvalue weighted by molar-refractivity contribution is 6.39. The first kappa shape index (κ1) is 20.3. The molecule has 148 valence electrons. The predicted octanol–water partition coefficient (Wildman–Crippen LogP) is 4.13. The van der Waals surface area contributed by atoms with Gasteiger partial charge in [-0.15, -0.1) is 0 Å². The van der Waals surface area contributed by atoms with E-state index in [4.69, 9.17) is 37.8 Å². The van der Waals surface area contributed by atoms with Crippen molar-refractivity contribution in [2.45, 2.75) is 12.8 Å². The van der Waals surface area contributed by atoms with Crippen LogP contribution in [0.1, 0.15) is 12.8 Å². The van der Waals surface area contributed by atoms with Crippen molar-refractivity contribution in [2.24, 2.45) is 0 Å². The number of hydrogen-bond acceptors (Lipinski definition) is 6. The first-order valence-electron chi connectivity index (χ1n) is 8.59. The van der Waals surface area contributed by atoms with Crippen molar-refractivity contribution in [2.75, 3.05) is 25.6 Å². The quantitative estimate of drug-likeness (QED) is 0.471. The minimum absolute atomic E-state index is 0.0917. The topological polar surface area (TPSA) is 96.5 Å². The molecule has 0 aliphatic heterocycles. The second kappa shape index (κ2) is 9.14. The summed E-state index contributed by atoms with van der Waals surface area (Å²) in [6.45, 7) is 0.464. The molecule has 0 aliphatic carbocycles. The molecule has 1 aromatic carbocycles. The number of hydrogen-bond donors (Lipinski definition) is 3. The Kier molecular flexibility index (Phi) is 6.61. The van der Waals surface area contributed by atoms with Crippen LogP contribution in [0.25, 0.3) is 10.9 Å². The van der Waals surface area contributed by atoms with E-state index in [1.54, 1.807) is 12.1 Å². The minimum atomic E-state index is -0.329. The van der Waals surface area contributed by atoms with Gasteiger partial charge in [0.2, 0.25) is 0 Å². The van der Waals surface area contributed by atoms with E-state index in [1.165, 1.54) is 25.6 Å². The van der Waals surface area contributed by atoms with Gasteiger partial charge in [0.05, 0.1) is 40.7 Å². The van der Waals surface area contributed by atoms with Crippen molar-refractivity contribution in [3.05, 3.63) is 51.0 Å². The molecule has 0 atom stereocenters. The van der Waals surface area contributed by atoms with Crippen LogP contribution in [0.5, 0.6) is 11.5 Å². The number of unbranched alkanes of at least 4 members (excludes halogenated alkanes) is 1. The smallest absolute Gasteiger partial charge is 0.250 e. The zero-order valence-corrected chi connectivity index (χ0v) is 16.6. The lowest BCUT2D eigenvalue weighted by atomic mass is 10.1. The van der Waals surface area contributed by atoms with Crippen molar-refractivity contribution >= 4 is 45.5 Å². The molecule has 3 rings (SSSR count). The number of nitrogens with zero attached hydrogens (tertiary/aromatic N) is 1. The summed E-state index contributed by atoms with van der Waals surface area (Å²) in [5.74, 6) is 0.912. The number of fused-ring (bicyclic) bond motifs is 1. The van der Waals surface area contributed by atoms with Crippen LogP contribution in [0.3, 0.4) is 0 Å². The lowest BCUT2D eigenvalue weighted by molar-refractivity contribution is 0.249. The van der Waals surface area contributed by atoms with Crippen LogP contribution in [0.2, 0.25) is 10.0 Å². The van der Waals surface area contributed by atoms with Crippen molar-refractivity contribution in [3.63, 3.8) is 0 Å². The van der Waals surface area contributed by atoms with Crippen molar-refractivity contribution in [1.82, 2.24) is 9.97 Å². The lowest BCUT2D eigenvalue weighted by Gasteiger charge is -2.16. The first-order chi connectivity index (χ1) is 13.5. The summed E-state index contributed by atoms with van der Waals surface area (Å²) in [7, 11) is 1.53. The van der Waals surface area contributed by atoms with Gasteiger partial charge in [0, 0.05) is 30.5 Å². The highest BCUT2D eigenvalue weighted by atomic mass is 35.5. The Labute approximate surface area is 171 Å². The number of aromatic amines is 1. The number of rotatable bonds is 8. The monoisotopic (exact) mass is 423 g/mol. The van der Waals surface area contributed by atoms with Gasteiger partial charge in [0.1, 0.15) is 0 Å². The summed E-state index contributed by atoms with van der Waals surface area (Å²) < 4.78 is 11.2. The van der Waals surface area contributed by atoms with Crippen LogP contribution < -0.4 is 20.3 Å². The fourth-order valence-electron chi connectivity index (χ4n) is 2.74. The van der Waals surface area contributed by atoms with E-state index in [2.05, 4.69) is 15.3 Å². The number of H-pyrrole nitrogens is 1. The summed E-state index contributed by atoms with van der Waals surface area (Å²) in [4.78, 5) is 19.0. The van der Waals surface area contributed by atoms with Gasteiger partial charge >= 0.3 is 0 Å². The third-order valence-electron chi connectivity index (χ3n) is 4.07. The zero-order chi connectivity index (χ0) is 20.1. The molecule has 0 bridgehead atoms. The third kappa shape index (κ3) is 4.32. The summed E-state index contributed by atoms with van der Waals surface area (Å²) >= 11 is 12.4. The van der Waals surface area contributed by atoms with Crippen LogP contribution in [0.4, 0.5) is 11.4 Å². The van der Waals surface area contributed by atoms with E-state index < -0.39 is 0 Å². The number of nitrogens with one attached hydrogen (secondary N) is 2. The molecule has 3 aromatic rings. The maximum Gasteiger partial charge on any atom is 0.250 e. The van der Waals surface area contributed by atoms with Gasteiger partial charge in [-0.1, -0.05) is 23.2 Å². The van der Waals surface area contributed by atoms with E-state index in [0.717, 1.165) is 0 Å². The number of benzene rings is 1. The van der Waals surface area contributed by atoms with Gasteiger partial charge in [0.25, 0.3) is 5.56 Å². The number of aliphatic hydroxyl groups excluding tert-OH is 1. The summed E-state index contributed by atoms with van der Waals surface area (Å²) in [6.07, 6.45) is 4.21. The van der Waals surface area contributed by atoms with Crippen molar-refractivity contribution in [3.8, 4) is 11.5 Å². The molecule has 0 saturated heterocycles. The highest BCUT2D eigenvalue weighted by Gasteiger charge is 2.16. The molecule has 7 nitrogen and oxygen atoms in total. The van der Waals surface area contributed by atoms with Crippen LogP contribution in [0.15, 0.2) is 35.4 Å². The van der Waals surface area contributed by atoms with Crippen LogP contribution in [0, 0.1) is 0 Å². The van der Waals surface area contributed by atoms with E-state index in [9.17, 15) is 4.79 Å². The van der Waals surface area contributed by atoms with Crippen LogP contribution in [-0.2, 0) is 0 Å². The van der Waals surface area contributed by atoms with Crippen molar-refractivity contribution < 1.29 is 14.6 Å². The molecular weight excluding hydrogens is 405 g/mol. The molecule has 2 aromatic heterocycles. The lowest BCUT2D eigenvalue weighted by Crippen LogP contribution is -2.09. The Morgan fingerprint density at radius 1 is 1.21 bits per heavy atom. The third-order valence-corrected chi connectivity index (χ3v) is 4.64. The van der Waals surface area contributed by atoms with E-state index >= 15 is 0 Å². The molecule has 9 heteroatoms. The molecule has 3 N–H and O–H groups in total. The van der Waals surface area contributed by atoms with E-state index in [-0.39, 0.29) is 12.2 Å². The minimum Gasteiger partial charge on any atom is -0.493 e. The standard InChI is InChI=1S/C19H19Cl2N3O4/c1-27-15-5-4-11-14(23-18-12(20)9-22-10-13(18)21)8-16(26)24-17(11)19(15)28-7-3-2-6-25/h4-5,8-10,25H,2-3,6-7H2,1H3,(H2,22,23,24,26).